The van der Waals surface area contributed by atoms with E-state index in [2.05, 4.69) is 13.8 Å². The predicted molar refractivity (Wildman–Crippen MR) is 143 cm³/mol. The predicted octanol–water partition coefficient (Wildman–Crippen LogP) is 6.14. The number of unbranched alkanes of at least 4 members (excludes halogenated alkanes) is 2. The molecular formula is C30H48O7. The van der Waals surface area contributed by atoms with Crippen LogP contribution in [0.2, 0.25) is 0 Å². The normalized spacial score (nSPS) is 30.0. The van der Waals surface area contributed by atoms with Gasteiger partial charge in [0.25, 0.3) is 0 Å². The number of allylic oxidation sites excluding steroid dienone is 2. The number of hydrogen-bond donors (Lipinski definition) is 2. The molecule has 1 fully saturated rings. The lowest BCUT2D eigenvalue weighted by Crippen LogP contribution is -2.61. The zero-order chi connectivity index (χ0) is 27.8. The maximum absolute atomic E-state index is 12.8. The molecule has 0 aromatic heterocycles. The number of rotatable bonds is 13. The van der Waals surface area contributed by atoms with E-state index in [9.17, 15) is 19.5 Å². The highest BCUT2D eigenvalue weighted by molar-refractivity contribution is 5.80. The second-order valence-corrected chi connectivity index (χ2v) is 11.6. The number of hydrogen-bond acceptors (Lipinski definition) is 6. The fourth-order valence-corrected chi connectivity index (χ4v) is 6.74. The van der Waals surface area contributed by atoms with E-state index >= 15 is 0 Å². The highest BCUT2D eigenvalue weighted by atomic mass is 16.6. The van der Waals surface area contributed by atoms with Crippen LogP contribution < -0.4 is 0 Å². The Morgan fingerprint density at radius 2 is 1.62 bits per heavy atom. The van der Waals surface area contributed by atoms with E-state index in [0.29, 0.717) is 38.5 Å². The summed E-state index contributed by atoms with van der Waals surface area (Å²) in [7, 11) is 0. The number of aliphatic carboxylic acids is 1. The van der Waals surface area contributed by atoms with Gasteiger partial charge in [-0.3, -0.25) is 9.59 Å². The van der Waals surface area contributed by atoms with Crippen LogP contribution in [0.4, 0.5) is 0 Å². The van der Waals surface area contributed by atoms with Crippen molar-refractivity contribution in [2.75, 3.05) is 6.61 Å². The number of carboxylic acid groups (broad SMARTS) is 1. The third-order valence-electron chi connectivity index (χ3n) is 8.65. The highest BCUT2D eigenvalue weighted by Gasteiger charge is 2.61. The van der Waals surface area contributed by atoms with Crippen molar-refractivity contribution < 1.29 is 34.1 Å². The third kappa shape index (κ3) is 7.46. The maximum Gasteiger partial charge on any atom is 0.328 e. The van der Waals surface area contributed by atoms with E-state index in [1.807, 2.05) is 27.7 Å². The number of carbonyl (C=O) groups excluding carboxylic acids is 2. The quantitative estimate of drug-likeness (QED) is 0.171. The fraction of sp³-hybridized carbons (Fsp3) is 0.767. The van der Waals surface area contributed by atoms with Crippen molar-refractivity contribution in [3.8, 4) is 0 Å². The average molecular weight is 521 g/mol. The second kappa shape index (κ2) is 13.6. The van der Waals surface area contributed by atoms with Crippen LogP contribution in [0.5, 0.6) is 0 Å². The number of carbonyl (C=O) groups is 3. The first kappa shape index (κ1) is 31.1. The molecular weight excluding hydrogens is 472 g/mol. The van der Waals surface area contributed by atoms with Gasteiger partial charge in [0, 0.05) is 36.7 Å². The van der Waals surface area contributed by atoms with Crippen LogP contribution in [0.25, 0.3) is 0 Å². The molecule has 7 nitrogen and oxygen atoms in total. The molecule has 0 aromatic rings. The Balaban J connectivity index is 2.47. The Morgan fingerprint density at radius 1 is 1.03 bits per heavy atom. The minimum atomic E-state index is -0.951. The molecule has 37 heavy (non-hydrogen) atoms. The standard InChI is InChI=1S/C30H48O7/c1-7-9-11-26(34)36-23-18-21(4)22(14-13-20(3)17-25(32)33)29(5)16-15-24(30(6,19-31)28(23)29)37-27(35)12-10-8-2/h17,23-24,28,31H,7-16,18-19H2,1-6H3,(H,32,33)/b20-17+/t23-,24?,28?,29-,30+/m1/s1. The zero-order valence-corrected chi connectivity index (χ0v) is 23.7. The van der Waals surface area contributed by atoms with Crippen LogP contribution in [0, 0.1) is 16.7 Å². The number of aliphatic hydroxyl groups excluding tert-OH is 1. The zero-order valence-electron chi connectivity index (χ0n) is 23.7. The van der Waals surface area contributed by atoms with Gasteiger partial charge in [0.2, 0.25) is 0 Å². The summed E-state index contributed by atoms with van der Waals surface area (Å²) in [6.07, 6.45) is 7.61. The van der Waals surface area contributed by atoms with Gasteiger partial charge in [-0.2, -0.15) is 0 Å². The maximum atomic E-state index is 12.8. The second-order valence-electron chi connectivity index (χ2n) is 11.6. The smallest absolute Gasteiger partial charge is 0.328 e. The van der Waals surface area contributed by atoms with Crippen molar-refractivity contribution in [2.24, 2.45) is 16.7 Å². The van der Waals surface area contributed by atoms with Gasteiger partial charge in [-0.05, 0) is 57.8 Å². The van der Waals surface area contributed by atoms with Crippen LogP contribution in [-0.2, 0) is 23.9 Å². The number of ether oxygens (including phenoxy) is 2. The van der Waals surface area contributed by atoms with Gasteiger partial charge in [0.05, 0.1) is 6.61 Å². The molecule has 2 unspecified atom stereocenters. The minimum Gasteiger partial charge on any atom is -0.478 e. The van der Waals surface area contributed by atoms with Gasteiger partial charge in [0.1, 0.15) is 12.2 Å². The molecule has 0 heterocycles. The van der Waals surface area contributed by atoms with Gasteiger partial charge in [0.15, 0.2) is 0 Å². The van der Waals surface area contributed by atoms with E-state index in [-0.39, 0.29) is 29.9 Å². The average Bonchev–Trinajstić information content (AvgIpc) is 2.82. The third-order valence-corrected chi connectivity index (χ3v) is 8.65. The molecule has 2 aliphatic carbocycles. The van der Waals surface area contributed by atoms with Gasteiger partial charge >= 0.3 is 17.9 Å². The molecule has 5 atom stereocenters. The SMILES string of the molecule is CCCCC(=O)OC1CC[C@]2(C)C(CC/C(C)=C/C(=O)O)=C(C)C[C@@H](OC(=O)CCCC)C2[C@@]1(C)CO. The van der Waals surface area contributed by atoms with E-state index < -0.39 is 23.6 Å². The lowest BCUT2D eigenvalue weighted by molar-refractivity contribution is -0.200. The Kier molecular flexibility index (Phi) is 11.4. The molecule has 7 heteroatoms. The molecule has 0 bridgehead atoms. The van der Waals surface area contributed by atoms with Gasteiger partial charge in [-0.15, -0.1) is 0 Å². The van der Waals surface area contributed by atoms with E-state index in [1.54, 1.807) is 0 Å². The minimum absolute atomic E-state index is 0.188. The molecule has 0 radical (unpaired) electrons. The number of aliphatic hydroxyl groups is 1. The van der Waals surface area contributed by atoms with E-state index in [0.717, 1.165) is 43.3 Å². The van der Waals surface area contributed by atoms with Gasteiger partial charge < -0.3 is 19.7 Å². The first-order valence-electron chi connectivity index (χ1n) is 14.0. The summed E-state index contributed by atoms with van der Waals surface area (Å²) in [5.41, 5.74) is 2.03. The summed E-state index contributed by atoms with van der Waals surface area (Å²) in [6, 6.07) is 0. The summed E-state index contributed by atoms with van der Waals surface area (Å²) in [5, 5.41) is 19.9. The van der Waals surface area contributed by atoms with Crippen molar-refractivity contribution >= 4 is 17.9 Å². The monoisotopic (exact) mass is 520 g/mol. The molecule has 1 saturated carbocycles. The van der Waals surface area contributed by atoms with Crippen molar-refractivity contribution in [1.82, 2.24) is 0 Å². The summed E-state index contributed by atoms with van der Waals surface area (Å²) in [6.45, 7) is 11.9. The Morgan fingerprint density at radius 3 is 2.16 bits per heavy atom. The van der Waals surface area contributed by atoms with Crippen molar-refractivity contribution in [3.05, 3.63) is 22.8 Å². The molecule has 0 aromatic carbocycles. The molecule has 0 spiro atoms. The first-order chi connectivity index (χ1) is 17.4. The van der Waals surface area contributed by atoms with Crippen molar-refractivity contribution in [3.63, 3.8) is 0 Å². The molecule has 0 amide bonds. The van der Waals surface area contributed by atoms with Crippen LogP contribution >= 0.6 is 0 Å². The summed E-state index contributed by atoms with van der Waals surface area (Å²) in [5.74, 6) is -1.67. The molecule has 2 rings (SSSR count). The van der Waals surface area contributed by atoms with Crippen LogP contribution in [-0.4, -0.2) is 46.9 Å². The lowest BCUT2D eigenvalue weighted by Gasteiger charge is -2.60. The molecule has 210 valence electrons. The number of fused-ring (bicyclic) bond motifs is 1. The van der Waals surface area contributed by atoms with Gasteiger partial charge in [-0.25, -0.2) is 4.79 Å². The number of esters is 2. The van der Waals surface area contributed by atoms with E-state index in [1.165, 1.54) is 11.6 Å². The summed E-state index contributed by atoms with van der Waals surface area (Å²) < 4.78 is 12.1. The summed E-state index contributed by atoms with van der Waals surface area (Å²) in [4.78, 5) is 36.5. The highest BCUT2D eigenvalue weighted by Crippen LogP contribution is 2.61. The Labute approximate surface area is 222 Å². The molecule has 2 aliphatic rings. The molecule has 0 aliphatic heterocycles. The fourth-order valence-electron chi connectivity index (χ4n) is 6.74. The van der Waals surface area contributed by atoms with Crippen LogP contribution in [0.15, 0.2) is 22.8 Å². The summed E-state index contributed by atoms with van der Waals surface area (Å²) >= 11 is 0. The number of carboxylic acids is 1. The van der Waals surface area contributed by atoms with Crippen LogP contribution in [0.3, 0.4) is 0 Å². The first-order valence-corrected chi connectivity index (χ1v) is 14.0. The Bertz CT molecular complexity index is 888. The lowest BCUT2D eigenvalue weighted by atomic mass is 9.47. The molecule has 2 N–H and O–H groups in total. The van der Waals surface area contributed by atoms with Crippen molar-refractivity contribution in [2.45, 2.75) is 124 Å². The molecule has 0 saturated heterocycles. The Hall–Kier alpha value is -2.15. The van der Waals surface area contributed by atoms with Crippen LogP contribution in [0.1, 0.15) is 112 Å². The van der Waals surface area contributed by atoms with E-state index in [4.69, 9.17) is 14.6 Å². The van der Waals surface area contributed by atoms with Gasteiger partial charge in [-0.1, -0.05) is 57.3 Å². The largest absolute Gasteiger partial charge is 0.478 e. The van der Waals surface area contributed by atoms with Crippen molar-refractivity contribution in [1.29, 1.82) is 0 Å². The topological polar surface area (TPSA) is 110 Å².